The highest BCUT2D eigenvalue weighted by Gasteiger charge is 2.32. The fourth-order valence-electron chi connectivity index (χ4n) is 1.25. The van der Waals surface area contributed by atoms with Crippen molar-refractivity contribution in [3.05, 3.63) is 12.2 Å². The topological polar surface area (TPSA) is 18.5 Å². The van der Waals surface area contributed by atoms with Gasteiger partial charge < -0.3 is 0 Å². The lowest BCUT2D eigenvalue weighted by atomic mass is 9.85. The Morgan fingerprint density at radius 1 is 0.714 bits per heavy atom. The molecule has 0 aromatic rings. The molecule has 14 heavy (non-hydrogen) atoms. The van der Waals surface area contributed by atoms with Crippen LogP contribution in [-0.4, -0.2) is 12.2 Å². The Kier molecular flexibility index (Phi) is 3.07. The van der Waals surface area contributed by atoms with Gasteiger partial charge in [0.15, 0.2) is 0 Å². The lowest BCUT2D eigenvalue weighted by Crippen LogP contribution is -2.37. The summed E-state index contributed by atoms with van der Waals surface area (Å²) in [6.45, 7) is 12.8. The van der Waals surface area contributed by atoms with Gasteiger partial charge in [-0.3, -0.25) is 0 Å². The van der Waals surface area contributed by atoms with Gasteiger partial charge in [-0.15, -0.1) is 0 Å². The van der Waals surface area contributed by atoms with Gasteiger partial charge in [0.1, 0.15) is 12.2 Å². The third-order valence-electron chi connectivity index (χ3n) is 2.43. The molecule has 0 N–H and O–H groups in total. The molecule has 0 bridgehead atoms. The molecule has 0 radical (unpaired) electrons. The van der Waals surface area contributed by atoms with Crippen LogP contribution in [-0.2, 0) is 9.78 Å². The molecule has 2 atom stereocenters. The van der Waals surface area contributed by atoms with Crippen LogP contribution in [0.3, 0.4) is 0 Å². The highest BCUT2D eigenvalue weighted by molar-refractivity contribution is 5.03. The molecule has 0 unspecified atom stereocenters. The number of rotatable bonds is 0. The molecule has 1 aliphatic rings. The minimum atomic E-state index is 0.0566. The van der Waals surface area contributed by atoms with Crippen LogP contribution in [0.5, 0.6) is 0 Å². The van der Waals surface area contributed by atoms with Crippen LogP contribution in [0, 0.1) is 10.8 Å². The molecule has 0 spiro atoms. The molecule has 0 amide bonds. The monoisotopic (exact) mass is 198 g/mol. The molecule has 0 aliphatic carbocycles. The van der Waals surface area contributed by atoms with E-state index in [2.05, 4.69) is 53.7 Å². The van der Waals surface area contributed by atoms with E-state index in [0.717, 1.165) is 0 Å². The molecule has 0 aromatic carbocycles. The zero-order valence-corrected chi connectivity index (χ0v) is 10.1. The van der Waals surface area contributed by atoms with Crippen molar-refractivity contribution in [1.82, 2.24) is 0 Å². The van der Waals surface area contributed by atoms with E-state index in [1.54, 1.807) is 0 Å². The number of hydrogen-bond donors (Lipinski definition) is 0. The molecule has 2 nitrogen and oxygen atoms in total. The van der Waals surface area contributed by atoms with E-state index in [-0.39, 0.29) is 23.0 Å². The summed E-state index contributed by atoms with van der Waals surface area (Å²) in [5.41, 5.74) is 0.193. The van der Waals surface area contributed by atoms with E-state index in [4.69, 9.17) is 9.78 Å². The first-order chi connectivity index (χ1) is 6.21. The summed E-state index contributed by atoms with van der Waals surface area (Å²) in [5.74, 6) is 0. The lowest BCUT2D eigenvalue weighted by molar-refractivity contribution is -0.366. The Morgan fingerprint density at radius 3 is 1.14 bits per heavy atom. The minimum absolute atomic E-state index is 0.0566. The Morgan fingerprint density at radius 2 is 1.00 bits per heavy atom. The lowest BCUT2D eigenvalue weighted by Gasteiger charge is -2.35. The fourth-order valence-corrected chi connectivity index (χ4v) is 1.25. The zero-order valence-electron chi connectivity index (χ0n) is 10.1. The summed E-state index contributed by atoms with van der Waals surface area (Å²) in [4.78, 5) is 10.8. The Hall–Kier alpha value is -0.340. The second-order valence-electron chi connectivity index (χ2n) is 6.15. The van der Waals surface area contributed by atoms with E-state index in [0.29, 0.717) is 0 Å². The summed E-state index contributed by atoms with van der Waals surface area (Å²) in [6.07, 6.45) is 4.33. The van der Waals surface area contributed by atoms with Gasteiger partial charge in [-0.1, -0.05) is 53.7 Å². The normalized spacial score (nSPS) is 29.3. The van der Waals surface area contributed by atoms with Crippen molar-refractivity contribution in [2.45, 2.75) is 53.8 Å². The van der Waals surface area contributed by atoms with Crippen molar-refractivity contribution in [2.24, 2.45) is 10.8 Å². The van der Waals surface area contributed by atoms with Crippen molar-refractivity contribution < 1.29 is 9.78 Å². The maximum atomic E-state index is 5.39. The van der Waals surface area contributed by atoms with Gasteiger partial charge in [-0.2, -0.15) is 0 Å². The molecule has 1 rings (SSSR count). The fraction of sp³-hybridized carbons (Fsp3) is 0.833. The molecule has 0 saturated carbocycles. The van der Waals surface area contributed by atoms with Gasteiger partial charge in [-0.25, -0.2) is 9.78 Å². The van der Waals surface area contributed by atoms with E-state index >= 15 is 0 Å². The molecule has 0 saturated heterocycles. The third-order valence-corrected chi connectivity index (χ3v) is 2.43. The van der Waals surface area contributed by atoms with Crippen molar-refractivity contribution in [3.63, 3.8) is 0 Å². The quantitative estimate of drug-likeness (QED) is 0.439. The van der Waals surface area contributed by atoms with Gasteiger partial charge >= 0.3 is 0 Å². The van der Waals surface area contributed by atoms with Crippen LogP contribution in [0.4, 0.5) is 0 Å². The summed E-state index contributed by atoms with van der Waals surface area (Å²) in [6, 6.07) is 0. The second kappa shape index (κ2) is 3.67. The molecule has 0 fully saturated rings. The van der Waals surface area contributed by atoms with Crippen molar-refractivity contribution in [3.8, 4) is 0 Å². The maximum absolute atomic E-state index is 5.39. The Labute approximate surface area is 87.2 Å². The highest BCUT2D eigenvalue weighted by atomic mass is 17.2. The van der Waals surface area contributed by atoms with Crippen molar-refractivity contribution in [1.29, 1.82) is 0 Å². The van der Waals surface area contributed by atoms with E-state index < -0.39 is 0 Å². The largest absolute Gasteiger partial charge is 0.228 e. The first-order valence-electron chi connectivity index (χ1n) is 5.22. The maximum Gasteiger partial charge on any atom is 0.116 e. The van der Waals surface area contributed by atoms with Gasteiger partial charge in [0.05, 0.1) is 0 Å². The van der Waals surface area contributed by atoms with E-state index in [1.807, 2.05) is 0 Å². The molecule has 0 aromatic heterocycles. The van der Waals surface area contributed by atoms with Crippen LogP contribution in [0.1, 0.15) is 41.5 Å². The predicted molar refractivity (Wildman–Crippen MR) is 57.8 cm³/mol. The van der Waals surface area contributed by atoms with Gasteiger partial charge in [0.2, 0.25) is 0 Å². The van der Waals surface area contributed by atoms with Crippen molar-refractivity contribution in [2.75, 3.05) is 0 Å². The van der Waals surface area contributed by atoms with E-state index in [9.17, 15) is 0 Å². The molecule has 82 valence electrons. The Balaban J connectivity index is 2.65. The van der Waals surface area contributed by atoms with Crippen LogP contribution >= 0.6 is 0 Å². The molecular weight excluding hydrogens is 176 g/mol. The third kappa shape index (κ3) is 2.82. The highest BCUT2D eigenvalue weighted by Crippen LogP contribution is 2.31. The first kappa shape index (κ1) is 11.7. The molecule has 2 heteroatoms. The Bertz CT molecular complexity index is 193. The SMILES string of the molecule is CC(C)(C)[C@@H]1C=C[C@H](C(C)(C)C)OO1. The minimum Gasteiger partial charge on any atom is -0.228 e. The van der Waals surface area contributed by atoms with Gasteiger partial charge in [-0.05, 0) is 10.8 Å². The van der Waals surface area contributed by atoms with Crippen LogP contribution in [0.2, 0.25) is 0 Å². The summed E-state index contributed by atoms with van der Waals surface area (Å²) >= 11 is 0. The van der Waals surface area contributed by atoms with Crippen molar-refractivity contribution >= 4 is 0 Å². The van der Waals surface area contributed by atoms with Crippen LogP contribution in [0.15, 0.2) is 12.2 Å². The molecule has 1 aliphatic heterocycles. The molecular formula is C12H22O2. The molecule has 1 heterocycles. The van der Waals surface area contributed by atoms with Crippen LogP contribution < -0.4 is 0 Å². The summed E-state index contributed by atoms with van der Waals surface area (Å²) < 4.78 is 0. The van der Waals surface area contributed by atoms with Crippen LogP contribution in [0.25, 0.3) is 0 Å². The number of hydrogen-bond acceptors (Lipinski definition) is 2. The standard InChI is InChI=1S/C12H22O2/c1-11(2,3)9-7-8-10(14-13-9)12(4,5)6/h7-10H,1-6H3/t9-,10+. The van der Waals surface area contributed by atoms with Gasteiger partial charge in [0.25, 0.3) is 0 Å². The smallest absolute Gasteiger partial charge is 0.116 e. The summed E-state index contributed by atoms with van der Waals surface area (Å²) in [7, 11) is 0. The average molecular weight is 198 g/mol. The second-order valence-corrected chi connectivity index (χ2v) is 6.15. The van der Waals surface area contributed by atoms with Gasteiger partial charge in [0, 0.05) is 0 Å². The average Bonchev–Trinajstić information content (AvgIpc) is 2.01. The first-order valence-corrected chi connectivity index (χ1v) is 5.22. The summed E-state index contributed by atoms with van der Waals surface area (Å²) in [5, 5.41) is 0. The zero-order chi connectivity index (χ0) is 11.0. The van der Waals surface area contributed by atoms with E-state index in [1.165, 1.54) is 0 Å². The predicted octanol–water partition coefficient (Wildman–Crippen LogP) is 3.33.